The number of aliphatic carboxylic acids is 1. The lowest BCUT2D eigenvalue weighted by Gasteiger charge is -2.37. The van der Waals surface area contributed by atoms with E-state index in [0.717, 1.165) is 18.8 Å². The van der Waals surface area contributed by atoms with Crippen LogP contribution in [0.15, 0.2) is 24.3 Å². The van der Waals surface area contributed by atoms with Crippen molar-refractivity contribution < 1.29 is 14.8 Å². The molecule has 1 N–H and O–H groups in total. The quantitative estimate of drug-likeness (QED) is 0.658. The predicted octanol–water partition coefficient (Wildman–Crippen LogP) is 1.19. The van der Waals surface area contributed by atoms with E-state index in [1.54, 1.807) is 19.1 Å². The number of nitrogens with zero attached hydrogens (tertiary/aromatic N) is 3. The Kier molecular flexibility index (Phi) is 4.19. The summed E-state index contributed by atoms with van der Waals surface area (Å²) in [7, 11) is 0. The maximum absolute atomic E-state index is 10.9. The molecule has 2 rings (SSSR count). The van der Waals surface area contributed by atoms with Crippen molar-refractivity contribution in [1.82, 2.24) is 4.90 Å². The molecule has 7 nitrogen and oxygen atoms in total. The van der Waals surface area contributed by atoms with Crippen molar-refractivity contribution in [3.8, 4) is 0 Å². The molecule has 1 aliphatic heterocycles. The molecule has 1 saturated heterocycles. The van der Waals surface area contributed by atoms with Crippen molar-refractivity contribution in [3.63, 3.8) is 0 Å². The van der Waals surface area contributed by atoms with E-state index in [1.807, 2.05) is 4.90 Å². The van der Waals surface area contributed by atoms with Crippen LogP contribution in [0.25, 0.3) is 0 Å². The van der Waals surface area contributed by atoms with E-state index in [1.165, 1.54) is 12.1 Å². The van der Waals surface area contributed by atoms with E-state index >= 15 is 0 Å². The monoisotopic (exact) mass is 279 g/mol. The average molecular weight is 279 g/mol. The summed E-state index contributed by atoms with van der Waals surface area (Å²) in [6.45, 7) is 4.46. The summed E-state index contributed by atoms with van der Waals surface area (Å²) < 4.78 is 0. The number of carboxylic acid groups (broad SMARTS) is 1. The van der Waals surface area contributed by atoms with E-state index in [4.69, 9.17) is 5.11 Å². The fraction of sp³-hybridized carbons (Fsp3) is 0.462. The molecule has 0 radical (unpaired) electrons. The number of nitro groups is 1. The number of benzene rings is 1. The minimum Gasteiger partial charge on any atom is -0.480 e. The van der Waals surface area contributed by atoms with Gasteiger partial charge in [-0.15, -0.1) is 0 Å². The molecule has 7 heteroatoms. The first-order chi connectivity index (χ1) is 9.49. The second kappa shape index (κ2) is 5.87. The summed E-state index contributed by atoms with van der Waals surface area (Å²) in [5, 5.41) is 19.6. The molecule has 1 aromatic rings. The van der Waals surface area contributed by atoms with Gasteiger partial charge in [0.2, 0.25) is 0 Å². The molecular formula is C13H17N3O4. The molecule has 1 heterocycles. The van der Waals surface area contributed by atoms with Gasteiger partial charge in [0.1, 0.15) is 6.04 Å². The van der Waals surface area contributed by atoms with Gasteiger partial charge < -0.3 is 10.0 Å². The maximum atomic E-state index is 10.9. The first kappa shape index (κ1) is 14.3. The summed E-state index contributed by atoms with van der Waals surface area (Å²) in [5.74, 6) is -0.811. The molecule has 0 spiro atoms. The fourth-order valence-electron chi connectivity index (χ4n) is 2.31. The number of anilines is 1. The third-order valence-corrected chi connectivity index (χ3v) is 3.65. The Labute approximate surface area is 116 Å². The molecule has 0 saturated carbocycles. The summed E-state index contributed by atoms with van der Waals surface area (Å²) in [6.07, 6.45) is 0. The van der Waals surface area contributed by atoms with Gasteiger partial charge in [0.05, 0.1) is 4.92 Å². The lowest BCUT2D eigenvalue weighted by Crippen LogP contribution is -2.51. The van der Waals surface area contributed by atoms with Gasteiger partial charge in [0, 0.05) is 44.0 Å². The van der Waals surface area contributed by atoms with Crippen molar-refractivity contribution in [2.75, 3.05) is 31.1 Å². The molecule has 1 aliphatic rings. The van der Waals surface area contributed by atoms with Crippen molar-refractivity contribution in [2.45, 2.75) is 13.0 Å². The molecule has 0 aromatic heterocycles. The molecular weight excluding hydrogens is 262 g/mol. The third kappa shape index (κ3) is 3.05. The minimum absolute atomic E-state index is 0.0758. The van der Waals surface area contributed by atoms with Gasteiger partial charge in [-0.1, -0.05) is 0 Å². The molecule has 1 atom stereocenters. The molecule has 1 fully saturated rings. The normalized spacial score (nSPS) is 17.8. The van der Waals surface area contributed by atoms with Gasteiger partial charge in [-0.2, -0.15) is 0 Å². The van der Waals surface area contributed by atoms with Crippen molar-refractivity contribution in [3.05, 3.63) is 34.4 Å². The summed E-state index contributed by atoms with van der Waals surface area (Å²) >= 11 is 0. The number of hydrogen-bond donors (Lipinski definition) is 1. The van der Waals surface area contributed by atoms with Crippen LogP contribution in [0.2, 0.25) is 0 Å². The van der Waals surface area contributed by atoms with Crippen LogP contribution in [0, 0.1) is 10.1 Å². The number of nitro benzene ring substituents is 1. The van der Waals surface area contributed by atoms with Crippen LogP contribution >= 0.6 is 0 Å². The van der Waals surface area contributed by atoms with Crippen LogP contribution < -0.4 is 4.90 Å². The van der Waals surface area contributed by atoms with E-state index < -0.39 is 16.9 Å². The molecule has 0 bridgehead atoms. The SMILES string of the molecule is CC(C(=O)O)N1CCN(c2ccc([N+](=O)[O-])cc2)CC1. The minimum atomic E-state index is -0.811. The van der Waals surface area contributed by atoms with Gasteiger partial charge in [-0.05, 0) is 19.1 Å². The zero-order valence-corrected chi connectivity index (χ0v) is 11.2. The number of rotatable bonds is 4. The average Bonchev–Trinajstić information content (AvgIpc) is 2.46. The highest BCUT2D eigenvalue weighted by molar-refractivity contribution is 5.73. The van der Waals surface area contributed by atoms with Gasteiger partial charge >= 0.3 is 5.97 Å². The third-order valence-electron chi connectivity index (χ3n) is 3.65. The highest BCUT2D eigenvalue weighted by Gasteiger charge is 2.25. The number of hydrogen-bond acceptors (Lipinski definition) is 5. The van der Waals surface area contributed by atoms with Crippen molar-refractivity contribution in [1.29, 1.82) is 0 Å². The van der Waals surface area contributed by atoms with Crippen LogP contribution in [0.4, 0.5) is 11.4 Å². The van der Waals surface area contributed by atoms with E-state index in [2.05, 4.69) is 4.90 Å². The van der Waals surface area contributed by atoms with Gasteiger partial charge in [0.15, 0.2) is 0 Å². The Morgan fingerprint density at radius 1 is 1.25 bits per heavy atom. The molecule has 0 amide bonds. The van der Waals surface area contributed by atoms with Crippen molar-refractivity contribution >= 4 is 17.3 Å². The van der Waals surface area contributed by atoms with E-state index in [-0.39, 0.29) is 5.69 Å². The van der Waals surface area contributed by atoms with Crippen LogP contribution in [0.3, 0.4) is 0 Å². The zero-order chi connectivity index (χ0) is 14.7. The topological polar surface area (TPSA) is 86.9 Å². The zero-order valence-electron chi connectivity index (χ0n) is 11.2. The Morgan fingerprint density at radius 2 is 1.80 bits per heavy atom. The Balaban J connectivity index is 1.96. The van der Waals surface area contributed by atoms with Crippen LogP contribution in [0.1, 0.15) is 6.92 Å². The smallest absolute Gasteiger partial charge is 0.320 e. The standard InChI is InChI=1S/C13H17N3O4/c1-10(13(17)18)14-6-8-15(9-7-14)11-2-4-12(5-3-11)16(19)20/h2-5,10H,6-9H2,1H3,(H,17,18). The fourth-order valence-corrected chi connectivity index (χ4v) is 2.31. The molecule has 1 unspecified atom stereocenters. The van der Waals surface area contributed by atoms with Crippen LogP contribution in [-0.2, 0) is 4.79 Å². The van der Waals surface area contributed by atoms with Crippen LogP contribution in [0.5, 0.6) is 0 Å². The maximum Gasteiger partial charge on any atom is 0.320 e. The van der Waals surface area contributed by atoms with Crippen molar-refractivity contribution in [2.24, 2.45) is 0 Å². The lowest BCUT2D eigenvalue weighted by atomic mass is 10.2. The Bertz CT molecular complexity index is 495. The summed E-state index contributed by atoms with van der Waals surface area (Å²) in [5.41, 5.74) is 1.00. The van der Waals surface area contributed by atoms with Gasteiger partial charge in [-0.25, -0.2) is 0 Å². The highest BCUT2D eigenvalue weighted by atomic mass is 16.6. The largest absolute Gasteiger partial charge is 0.480 e. The first-order valence-corrected chi connectivity index (χ1v) is 6.45. The van der Waals surface area contributed by atoms with Gasteiger partial charge in [-0.3, -0.25) is 19.8 Å². The molecule has 0 aliphatic carbocycles. The number of carbonyl (C=O) groups is 1. The highest BCUT2D eigenvalue weighted by Crippen LogP contribution is 2.21. The Hall–Kier alpha value is -2.15. The van der Waals surface area contributed by atoms with Gasteiger partial charge in [0.25, 0.3) is 5.69 Å². The second-order valence-corrected chi connectivity index (χ2v) is 4.81. The number of piperazine rings is 1. The predicted molar refractivity (Wildman–Crippen MR) is 74.0 cm³/mol. The first-order valence-electron chi connectivity index (χ1n) is 6.45. The molecule has 108 valence electrons. The molecule has 20 heavy (non-hydrogen) atoms. The second-order valence-electron chi connectivity index (χ2n) is 4.81. The summed E-state index contributed by atoms with van der Waals surface area (Å²) in [4.78, 5) is 25.1. The molecule has 1 aromatic carbocycles. The van der Waals surface area contributed by atoms with E-state index in [0.29, 0.717) is 13.1 Å². The lowest BCUT2D eigenvalue weighted by molar-refractivity contribution is -0.384. The Morgan fingerprint density at radius 3 is 2.25 bits per heavy atom. The number of carboxylic acids is 1. The number of non-ortho nitro benzene ring substituents is 1. The van der Waals surface area contributed by atoms with Crippen LogP contribution in [-0.4, -0.2) is 53.1 Å². The summed E-state index contributed by atoms with van der Waals surface area (Å²) in [6, 6.07) is 5.96. The van der Waals surface area contributed by atoms with E-state index in [9.17, 15) is 14.9 Å².